The Morgan fingerprint density at radius 3 is 2.46 bits per heavy atom. The monoisotopic (exact) mass is 502 g/mol. The maximum atomic E-state index is 13.9. The van der Waals surface area contributed by atoms with E-state index in [1.54, 1.807) is 41.3 Å². The maximum absolute atomic E-state index is 13.9. The van der Waals surface area contributed by atoms with Crippen LogP contribution in [0.15, 0.2) is 66.7 Å². The lowest BCUT2D eigenvalue weighted by atomic mass is 9.88. The molecule has 7 nitrogen and oxygen atoms in total. The number of aromatic nitrogens is 1. The number of carboxylic acids is 1. The van der Waals surface area contributed by atoms with Crippen molar-refractivity contribution < 1.29 is 28.9 Å². The van der Waals surface area contributed by atoms with E-state index < -0.39 is 5.97 Å². The second-order valence-electron chi connectivity index (χ2n) is 9.24. The molecular weight excluding hydrogens is 475 g/mol. The molecule has 1 atom stereocenters. The first kappa shape index (κ1) is 24.5. The summed E-state index contributed by atoms with van der Waals surface area (Å²) in [7, 11) is 1.49. The lowest BCUT2D eigenvalue weighted by Crippen LogP contribution is -2.41. The van der Waals surface area contributed by atoms with Gasteiger partial charge in [0, 0.05) is 48.4 Å². The van der Waals surface area contributed by atoms with Crippen LogP contribution in [-0.2, 0) is 9.53 Å². The van der Waals surface area contributed by atoms with Crippen molar-refractivity contribution in [3.63, 3.8) is 0 Å². The Morgan fingerprint density at radius 1 is 1.05 bits per heavy atom. The van der Waals surface area contributed by atoms with Gasteiger partial charge in [0.15, 0.2) is 0 Å². The predicted molar refractivity (Wildman–Crippen MR) is 138 cm³/mol. The van der Waals surface area contributed by atoms with Crippen molar-refractivity contribution in [2.75, 3.05) is 26.8 Å². The van der Waals surface area contributed by atoms with E-state index in [0.29, 0.717) is 18.5 Å². The Balaban J connectivity index is 1.78. The van der Waals surface area contributed by atoms with E-state index >= 15 is 0 Å². The predicted octanol–water partition coefficient (Wildman–Crippen LogP) is 5.19. The van der Waals surface area contributed by atoms with Crippen LogP contribution in [0.3, 0.4) is 0 Å². The highest BCUT2D eigenvalue weighted by Crippen LogP contribution is 2.46. The van der Waals surface area contributed by atoms with Gasteiger partial charge in [-0.05, 0) is 66.9 Å². The molecule has 0 radical (unpaired) electrons. The minimum Gasteiger partial charge on any atom is -0.507 e. The summed E-state index contributed by atoms with van der Waals surface area (Å²) in [6, 6.07) is 18.0. The fourth-order valence-electron chi connectivity index (χ4n) is 5.31. The first-order valence-corrected chi connectivity index (χ1v) is 12.1. The van der Waals surface area contributed by atoms with Gasteiger partial charge in [-0.2, -0.15) is 0 Å². The molecule has 4 aromatic rings. The van der Waals surface area contributed by atoms with Crippen molar-refractivity contribution in [3.8, 4) is 22.6 Å². The number of hydrogen-bond acceptors (Lipinski definition) is 4. The molecule has 1 aromatic heterocycles. The number of methoxy groups -OCH3 is 1. The van der Waals surface area contributed by atoms with E-state index in [4.69, 9.17) is 4.74 Å². The molecule has 1 aliphatic heterocycles. The lowest BCUT2D eigenvalue weighted by molar-refractivity contribution is -0.136. The summed E-state index contributed by atoms with van der Waals surface area (Å²) in [6.07, 6.45) is 1.59. The second-order valence-corrected chi connectivity index (χ2v) is 9.24. The zero-order valence-electron chi connectivity index (χ0n) is 20.4. The van der Waals surface area contributed by atoms with E-state index in [2.05, 4.69) is 0 Å². The van der Waals surface area contributed by atoms with Crippen LogP contribution >= 0.6 is 0 Å². The summed E-state index contributed by atoms with van der Waals surface area (Å²) in [4.78, 5) is 26.0. The number of halogens is 1. The van der Waals surface area contributed by atoms with Crippen molar-refractivity contribution >= 4 is 22.8 Å². The van der Waals surface area contributed by atoms with Gasteiger partial charge in [-0.1, -0.05) is 18.2 Å². The molecular formula is C29H27FN2O5. The molecule has 0 aliphatic carbocycles. The fourth-order valence-corrected chi connectivity index (χ4v) is 5.31. The first-order chi connectivity index (χ1) is 17.9. The first-order valence-electron chi connectivity index (χ1n) is 12.1. The summed E-state index contributed by atoms with van der Waals surface area (Å²) in [5, 5.41) is 21.1. The van der Waals surface area contributed by atoms with Gasteiger partial charge in [0.05, 0.1) is 11.1 Å². The van der Waals surface area contributed by atoms with Crippen molar-refractivity contribution in [1.29, 1.82) is 0 Å². The molecule has 2 N–H and O–H groups in total. The SMILES string of the molecule is COCC(=O)N1CCCC(c2c(-c3ccc(C(=O)O)cc3)c3c(O)cccc3n2-c2ccc(F)cc2)C1. The molecule has 2 heterocycles. The Hall–Kier alpha value is -4.17. The third-order valence-electron chi connectivity index (χ3n) is 6.94. The topological polar surface area (TPSA) is 92.0 Å². The minimum atomic E-state index is -1.03. The number of hydrogen-bond donors (Lipinski definition) is 2. The van der Waals surface area contributed by atoms with Gasteiger partial charge in [-0.25, -0.2) is 9.18 Å². The Kier molecular flexibility index (Phi) is 6.67. The van der Waals surface area contributed by atoms with Crippen LogP contribution in [0.4, 0.5) is 4.39 Å². The molecule has 8 heteroatoms. The smallest absolute Gasteiger partial charge is 0.335 e. The van der Waals surface area contributed by atoms with Crippen molar-refractivity contribution in [2.45, 2.75) is 18.8 Å². The molecule has 5 rings (SSSR count). The number of likely N-dealkylation sites (tertiary alicyclic amines) is 1. The number of aromatic hydroxyl groups is 1. The number of phenolic OH excluding ortho intramolecular Hbond substituents is 1. The molecule has 1 amide bonds. The molecule has 1 fully saturated rings. The zero-order valence-corrected chi connectivity index (χ0v) is 20.4. The summed E-state index contributed by atoms with van der Waals surface area (Å²) >= 11 is 0. The number of phenols is 1. The second kappa shape index (κ2) is 10.1. The largest absolute Gasteiger partial charge is 0.507 e. The molecule has 1 saturated heterocycles. The number of carbonyl (C=O) groups excluding carboxylic acids is 1. The number of nitrogens with zero attached hydrogens (tertiary/aromatic N) is 2. The average molecular weight is 503 g/mol. The number of piperidine rings is 1. The number of ether oxygens (including phenoxy) is 1. The Bertz CT molecular complexity index is 1460. The van der Waals surface area contributed by atoms with Crippen molar-refractivity contribution in [3.05, 3.63) is 83.8 Å². The highest BCUT2D eigenvalue weighted by atomic mass is 19.1. The molecule has 0 saturated carbocycles. The van der Waals surface area contributed by atoms with Crippen LogP contribution in [-0.4, -0.2) is 58.4 Å². The maximum Gasteiger partial charge on any atom is 0.335 e. The molecule has 37 heavy (non-hydrogen) atoms. The third kappa shape index (κ3) is 4.56. The highest BCUT2D eigenvalue weighted by molar-refractivity contribution is 6.03. The summed E-state index contributed by atoms with van der Waals surface area (Å²) < 4.78 is 21.0. The Morgan fingerprint density at radius 2 is 1.78 bits per heavy atom. The normalized spacial score (nSPS) is 15.7. The van der Waals surface area contributed by atoms with E-state index in [0.717, 1.165) is 40.9 Å². The van der Waals surface area contributed by atoms with Crippen LogP contribution in [0.2, 0.25) is 0 Å². The summed E-state index contributed by atoms with van der Waals surface area (Å²) in [6.45, 7) is 1.09. The molecule has 1 aliphatic rings. The molecule has 1 unspecified atom stereocenters. The number of carbonyl (C=O) groups is 2. The van der Waals surface area contributed by atoms with Crippen molar-refractivity contribution in [2.24, 2.45) is 0 Å². The molecule has 3 aromatic carbocycles. The van der Waals surface area contributed by atoms with Crippen LogP contribution < -0.4 is 0 Å². The number of benzene rings is 3. The Labute approximate surface area is 213 Å². The van der Waals surface area contributed by atoms with Gasteiger partial charge in [0.25, 0.3) is 0 Å². The standard InChI is InChI=1S/C29H27FN2O5/c1-37-17-25(34)31-15-3-4-20(16-31)28-26(18-7-9-19(10-8-18)29(35)36)27-23(5-2-6-24(27)33)32(28)22-13-11-21(30)12-14-22/h2,5-14,20,33H,3-4,15-17H2,1H3,(H,35,36). The third-order valence-corrected chi connectivity index (χ3v) is 6.94. The molecule has 0 bridgehead atoms. The van der Waals surface area contributed by atoms with Crippen LogP contribution in [0, 0.1) is 5.82 Å². The van der Waals surface area contributed by atoms with E-state index in [1.165, 1.54) is 31.4 Å². The zero-order chi connectivity index (χ0) is 26.1. The molecule has 0 spiro atoms. The van der Waals surface area contributed by atoms with Crippen LogP contribution in [0.1, 0.15) is 34.8 Å². The number of rotatable bonds is 6. The lowest BCUT2D eigenvalue weighted by Gasteiger charge is -2.34. The minimum absolute atomic E-state index is 0.00202. The summed E-state index contributed by atoms with van der Waals surface area (Å²) in [5.41, 5.74) is 4.00. The van der Waals surface area contributed by atoms with Gasteiger partial charge < -0.3 is 24.4 Å². The summed E-state index contributed by atoms with van der Waals surface area (Å²) in [5.74, 6) is -1.49. The number of carboxylic acid groups (broad SMARTS) is 1. The van der Waals surface area contributed by atoms with Gasteiger partial charge in [-0.15, -0.1) is 0 Å². The van der Waals surface area contributed by atoms with Gasteiger partial charge >= 0.3 is 5.97 Å². The highest BCUT2D eigenvalue weighted by Gasteiger charge is 2.32. The van der Waals surface area contributed by atoms with Crippen LogP contribution in [0.5, 0.6) is 5.75 Å². The molecule has 190 valence electrons. The van der Waals surface area contributed by atoms with E-state index in [-0.39, 0.29) is 35.6 Å². The fraction of sp³-hybridized carbons (Fsp3) is 0.241. The van der Waals surface area contributed by atoms with Crippen molar-refractivity contribution in [1.82, 2.24) is 9.47 Å². The van der Waals surface area contributed by atoms with Gasteiger partial charge in [-0.3, -0.25) is 4.79 Å². The van der Waals surface area contributed by atoms with E-state index in [9.17, 15) is 24.2 Å². The quantitative estimate of drug-likeness (QED) is 0.379. The van der Waals surface area contributed by atoms with Gasteiger partial charge in [0.2, 0.25) is 5.91 Å². The van der Waals surface area contributed by atoms with E-state index in [1.807, 2.05) is 10.6 Å². The number of fused-ring (bicyclic) bond motifs is 1. The van der Waals surface area contributed by atoms with Crippen LogP contribution in [0.25, 0.3) is 27.7 Å². The average Bonchev–Trinajstić information content (AvgIpc) is 3.26. The number of amides is 1. The number of aromatic carboxylic acids is 1. The van der Waals surface area contributed by atoms with Gasteiger partial charge in [0.1, 0.15) is 18.2 Å².